The van der Waals surface area contributed by atoms with Gasteiger partial charge in [0.2, 0.25) is 0 Å². The first-order valence-corrected chi connectivity index (χ1v) is 26.1. The Hall–Kier alpha value is -0.970. The zero-order chi connectivity index (χ0) is 43.3. The van der Waals surface area contributed by atoms with Gasteiger partial charge in [0, 0.05) is 12.5 Å². The summed E-state index contributed by atoms with van der Waals surface area (Å²) in [5.74, 6) is -0.0878. The van der Waals surface area contributed by atoms with Crippen molar-refractivity contribution in [3.63, 3.8) is 0 Å². The van der Waals surface area contributed by atoms with Crippen molar-refractivity contribution in [2.75, 3.05) is 45.9 Å². The van der Waals surface area contributed by atoms with E-state index in [-0.39, 0.29) is 12.5 Å². The molecular weight excluding hydrogens is 735 g/mol. The smallest absolute Gasteiger partial charge is 0.408 e. The van der Waals surface area contributed by atoms with E-state index in [4.69, 9.17) is 11.5 Å². The summed E-state index contributed by atoms with van der Waals surface area (Å²) in [6.45, 7) is 8.03. The molecule has 1 amide bonds. The third-order valence-corrected chi connectivity index (χ3v) is 12.8. The van der Waals surface area contributed by atoms with Gasteiger partial charge in [-0.05, 0) is 64.7 Å². The fourth-order valence-electron chi connectivity index (χ4n) is 8.81. The van der Waals surface area contributed by atoms with Crippen LogP contribution < -0.4 is 22.1 Å². The minimum absolute atomic E-state index is 0.0878. The summed E-state index contributed by atoms with van der Waals surface area (Å²) < 4.78 is 0. The Morgan fingerprint density at radius 2 is 0.898 bits per heavy atom. The first-order chi connectivity index (χ1) is 28.9. The second kappa shape index (κ2) is 45.1. The van der Waals surface area contributed by atoms with Crippen molar-refractivity contribution in [3.8, 4) is 0 Å². The molecule has 9 heteroatoms. The third-order valence-electron chi connectivity index (χ3n) is 12.8. The van der Waals surface area contributed by atoms with Crippen LogP contribution in [0.2, 0.25) is 0 Å². The Morgan fingerprint density at radius 3 is 1.27 bits per heavy atom. The average molecular weight is 840 g/mol. The standard InChI is InChI=1S/C50H105N5O4/c1-3-5-7-9-11-13-15-17-19-21-23-25-27-29-31-33-38-47(44-54-42-36-35-41-53-43-37-40-51)50(52,55(49(58)59)45-48(57)46-56)39-34-32-30-28-26-24-22-20-18-16-14-12-10-8-6-4-2/h47-48,53-54,56-57H,3-46,51-52H2,1-2H3,(H,58,59). The van der Waals surface area contributed by atoms with E-state index in [9.17, 15) is 20.1 Å². The number of aliphatic hydroxyl groups is 2. The summed E-state index contributed by atoms with van der Waals surface area (Å²) in [4.78, 5) is 14.1. The van der Waals surface area contributed by atoms with Gasteiger partial charge in [0.25, 0.3) is 0 Å². The van der Waals surface area contributed by atoms with Gasteiger partial charge in [-0.1, -0.05) is 213 Å². The van der Waals surface area contributed by atoms with Crippen molar-refractivity contribution >= 4 is 6.09 Å². The minimum Gasteiger partial charge on any atom is -0.465 e. The molecule has 9 nitrogen and oxygen atoms in total. The van der Waals surface area contributed by atoms with Crippen LogP contribution in [0.5, 0.6) is 0 Å². The molecule has 3 unspecified atom stereocenters. The summed E-state index contributed by atoms with van der Waals surface area (Å²) in [6.07, 6.45) is 43.9. The van der Waals surface area contributed by atoms with E-state index in [0.29, 0.717) is 19.5 Å². The fourth-order valence-corrected chi connectivity index (χ4v) is 8.81. The van der Waals surface area contributed by atoms with Crippen molar-refractivity contribution < 1.29 is 20.1 Å². The van der Waals surface area contributed by atoms with E-state index in [0.717, 1.165) is 77.4 Å². The lowest BCUT2D eigenvalue weighted by Gasteiger charge is -2.46. The number of nitrogens with two attached hydrogens (primary N) is 2. The van der Waals surface area contributed by atoms with E-state index in [1.54, 1.807) is 0 Å². The molecule has 0 fully saturated rings. The Kier molecular flexibility index (Phi) is 44.3. The van der Waals surface area contributed by atoms with Gasteiger partial charge in [0.05, 0.1) is 24.9 Å². The van der Waals surface area contributed by atoms with Gasteiger partial charge in [-0.15, -0.1) is 0 Å². The van der Waals surface area contributed by atoms with Crippen LogP contribution >= 0.6 is 0 Å². The van der Waals surface area contributed by atoms with E-state index < -0.39 is 24.5 Å². The van der Waals surface area contributed by atoms with E-state index in [1.807, 2.05) is 0 Å². The predicted octanol–water partition coefficient (Wildman–Crippen LogP) is 12.2. The number of hydrogen-bond donors (Lipinski definition) is 7. The van der Waals surface area contributed by atoms with Crippen LogP contribution in [0.25, 0.3) is 0 Å². The first-order valence-electron chi connectivity index (χ1n) is 26.1. The maximum atomic E-state index is 12.8. The van der Waals surface area contributed by atoms with Crippen molar-refractivity contribution in [2.45, 2.75) is 263 Å². The number of unbranched alkanes of at least 4 members (excludes halogenated alkanes) is 31. The summed E-state index contributed by atoms with van der Waals surface area (Å²) in [5.41, 5.74) is 11.8. The van der Waals surface area contributed by atoms with Gasteiger partial charge in [0.15, 0.2) is 0 Å². The van der Waals surface area contributed by atoms with Crippen LogP contribution in [0.15, 0.2) is 0 Å². The minimum atomic E-state index is -1.16. The number of carboxylic acid groups (broad SMARTS) is 1. The highest BCUT2D eigenvalue weighted by molar-refractivity contribution is 5.66. The van der Waals surface area contributed by atoms with Crippen molar-refractivity contribution in [3.05, 3.63) is 0 Å². The summed E-state index contributed by atoms with van der Waals surface area (Å²) in [7, 11) is 0. The number of amides is 1. The van der Waals surface area contributed by atoms with Gasteiger partial charge in [-0.2, -0.15) is 0 Å². The van der Waals surface area contributed by atoms with Crippen LogP contribution in [0.4, 0.5) is 4.79 Å². The molecule has 0 aromatic heterocycles. The summed E-state index contributed by atoms with van der Waals surface area (Å²) >= 11 is 0. The van der Waals surface area contributed by atoms with Gasteiger partial charge >= 0.3 is 6.09 Å². The molecule has 354 valence electrons. The van der Waals surface area contributed by atoms with Crippen LogP contribution in [-0.4, -0.2) is 84.0 Å². The van der Waals surface area contributed by atoms with Crippen LogP contribution in [0.1, 0.15) is 251 Å². The lowest BCUT2D eigenvalue weighted by atomic mass is 9.82. The molecule has 0 aliphatic heterocycles. The molecule has 0 aliphatic carbocycles. The Morgan fingerprint density at radius 1 is 0.542 bits per heavy atom. The molecule has 0 radical (unpaired) electrons. The third kappa shape index (κ3) is 36.2. The topological polar surface area (TPSA) is 157 Å². The highest BCUT2D eigenvalue weighted by atomic mass is 16.4. The summed E-state index contributed by atoms with van der Waals surface area (Å²) in [6, 6.07) is 0. The van der Waals surface area contributed by atoms with E-state index >= 15 is 0 Å². The quantitative estimate of drug-likeness (QED) is 0.0236. The van der Waals surface area contributed by atoms with Crippen molar-refractivity contribution in [1.29, 1.82) is 0 Å². The molecule has 0 saturated carbocycles. The van der Waals surface area contributed by atoms with Crippen LogP contribution in [0, 0.1) is 5.92 Å². The van der Waals surface area contributed by atoms with Crippen molar-refractivity contribution in [2.24, 2.45) is 17.4 Å². The van der Waals surface area contributed by atoms with Crippen LogP contribution in [-0.2, 0) is 0 Å². The molecule has 0 saturated heterocycles. The highest BCUT2D eigenvalue weighted by Crippen LogP contribution is 2.31. The first kappa shape index (κ1) is 58.0. The zero-order valence-corrected chi connectivity index (χ0v) is 39.6. The van der Waals surface area contributed by atoms with Crippen molar-refractivity contribution in [1.82, 2.24) is 15.5 Å². The molecule has 0 aliphatic rings. The molecule has 0 aromatic rings. The fraction of sp³-hybridized carbons (Fsp3) is 0.980. The zero-order valence-electron chi connectivity index (χ0n) is 39.6. The number of carbonyl (C=O) groups is 1. The average Bonchev–Trinajstić information content (AvgIpc) is 3.23. The highest BCUT2D eigenvalue weighted by Gasteiger charge is 2.43. The van der Waals surface area contributed by atoms with Crippen LogP contribution in [0.3, 0.4) is 0 Å². The number of aliphatic hydroxyl groups excluding tert-OH is 2. The second-order valence-corrected chi connectivity index (χ2v) is 18.4. The second-order valence-electron chi connectivity index (χ2n) is 18.4. The van der Waals surface area contributed by atoms with Gasteiger partial charge in [-0.25, -0.2) is 4.79 Å². The van der Waals surface area contributed by atoms with E-state index in [2.05, 4.69) is 24.5 Å². The number of rotatable bonds is 49. The summed E-state index contributed by atoms with van der Waals surface area (Å²) in [5, 5.41) is 37.8. The number of nitrogens with one attached hydrogen (secondary N) is 2. The number of nitrogens with zero attached hydrogens (tertiary/aromatic N) is 1. The van der Waals surface area contributed by atoms with E-state index in [1.165, 1.54) is 178 Å². The monoisotopic (exact) mass is 840 g/mol. The maximum absolute atomic E-state index is 12.8. The Labute approximate surface area is 367 Å². The molecule has 3 atom stereocenters. The molecule has 59 heavy (non-hydrogen) atoms. The SMILES string of the molecule is CCCCCCCCCCCCCCCCCCC(CNCCCCNCCCN)C(N)(CCCCCCCCCCCCCCCCCC)N(CC(O)CO)C(=O)O. The molecule has 9 N–H and O–H groups in total. The van der Waals surface area contributed by atoms with Gasteiger partial charge < -0.3 is 37.4 Å². The molecule has 0 heterocycles. The molecular formula is C50H105N5O4. The largest absolute Gasteiger partial charge is 0.465 e. The maximum Gasteiger partial charge on any atom is 0.408 e. The molecule has 0 aromatic carbocycles. The predicted molar refractivity (Wildman–Crippen MR) is 255 cm³/mol. The lowest BCUT2D eigenvalue weighted by Crippen LogP contribution is -2.65. The van der Waals surface area contributed by atoms with Gasteiger partial charge in [-0.3, -0.25) is 4.90 Å². The molecule has 0 rings (SSSR count). The Bertz CT molecular complexity index is 854. The lowest BCUT2D eigenvalue weighted by molar-refractivity contribution is -0.0137. The number of hydrogen-bond acceptors (Lipinski definition) is 7. The van der Waals surface area contributed by atoms with Gasteiger partial charge in [0.1, 0.15) is 0 Å². The molecule has 0 bridgehead atoms. The Balaban J connectivity index is 5.01. The molecule has 0 spiro atoms. The normalized spacial score (nSPS) is 13.8.